The summed E-state index contributed by atoms with van der Waals surface area (Å²) in [6.45, 7) is 5.88. The molecular weight excluding hydrogens is 253 g/mol. The van der Waals surface area contributed by atoms with Crippen LogP contribution in [0.3, 0.4) is 0 Å². The lowest BCUT2D eigenvalue weighted by Crippen LogP contribution is -2.54. The minimum absolute atomic E-state index is 0.00264. The van der Waals surface area contributed by atoms with Gasteiger partial charge in [-0.15, -0.1) is 0 Å². The van der Waals surface area contributed by atoms with Crippen molar-refractivity contribution in [3.05, 3.63) is 30.1 Å². The maximum absolute atomic E-state index is 13.1. The van der Waals surface area contributed by atoms with E-state index in [1.54, 1.807) is 0 Å². The normalized spacial score (nSPS) is 24.4. The maximum atomic E-state index is 13.1. The summed E-state index contributed by atoms with van der Waals surface area (Å²) in [5.74, 6) is -0.188. The molecule has 0 radical (unpaired) electrons. The van der Waals surface area contributed by atoms with Gasteiger partial charge in [0.05, 0.1) is 5.54 Å². The van der Waals surface area contributed by atoms with Crippen LogP contribution in [-0.4, -0.2) is 43.7 Å². The Morgan fingerprint density at radius 1 is 1.25 bits per heavy atom. The van der Waals surface area contributed by atoms with Gasteiger partial charge < -0.3 is 15.5 Å². The molecular formula is C16H26FN3. The largest absolute Gasteiger partial charge is 0.365 e. The van der Waals surface area contributed by atoms with Gasteiger partial charge in [-0.25, -0.2) is 4.39 Å². The Morgan fingerprint density at radius 3 is 2.55 bits per heavy atom. The van der Waals surface area contributed by atoms with E-state index in [-0.39, 0.29) is 11.4 Å². The second-order valence-electron chi connectivity index (χ2n) is 5.81. The Balaban J connectivity index is 2.28. The van der Waals surface area contributed by atoms with Crippen LogP contribution in [0.25, 0.3) is 0 Å². The lowest BCUT2D eigenvalue weighted by molar-refractivity contribution is 0.319. The van der Waals surface area contributed by atoms with Crippen molar-refractivity contribution in [3.8, 4) is 0 Å². The zero-order chi connectivity index (χ0) is 14.6. The highest BCUT2D eigenvalue weighted by atomic mass is 19.1. The summed E-state index contributed by atoms with van der Waals surface area (Å²) in [7, 11) is 2.17. The molecule has 0 spiro atoms. The third kappa shape index (κ3) is 3.13. The Morgan fingerprint density at radius 2 is 1.95 bits per heavy atom. The Kier molecular flexibility index (Phi) is 5.00. The van der Waals surface area contributed by atoms with Gasteiger partial charge >= 0.3 is 0 Å². The third-order valence-corrected chi connectivity index (χ3v) is 4.55. The average molecular weight is 279 g/mol. The molecule has 0 bridgehead atoms. The highest BCUT2D eigenvalue weighted by Gasteiger charge is 2.36. The molecule has 1 aromatic rings. The van der Waals surface area contributed by atoms with Crippen molar-refractivity contribution in [3.63, 3.8) is 0 Å². The summed E-state index contributed by atoms with van der Waals surface area (Å²) in [4.78, 5) is 4.74. The van der Waals surface area contributed by atoms with E-state index in [0.717, 1.165) is 44.6 Å². The minimum Gasteiger partial charge on any atom is -0.365 e. The quantitative estimate of drug-likeness (QED) is 0.919. The minimum atomic E-state index is -0.188. The molecule has 2 rings (SSSR count). The standard InChI is InChI=1S/C16H26FN3/c1-3-20(15-7-5-14(17)6-8-15)16(13-18)9-4-11-19(2)12-10-16/h5-8H,3-4,9-13,18H2,1-2H3. The lowest BCUT2D eigenvalue weighted by Gasteiger charge is -2.44. The molecule has 4 heteroatoms. The van der Waals surface area contributed by atoms with Crippen molar-refractivity contribution in [1.82, 2.24) is 4.90 Å². The van der Waals surface area contributed by atoms with Gasteiger partial charge in [0.25, 0.3) is 0 Å². The molecule has 1 heterocycles. The van der Waals surface area contributed by atoms with Crippen LogP contribution in [-0.2, 0) is 0 Å². The fraction of sp³-hybridized carbons (Fsp3) is 0.625. The third-order valence-electron chi connectivity index (χ3n) is 4.55. The second-order valence-corrected chi connectivity index (χ2v) is 5.81. The van der Waals surface area contributed by atoms with E-state index in [1.807, 2.05) is 12.1 Å². The van der Waals surface area contributed by atoms with Crippen LogP contribution in [0.4, 0.5) is 10.1 Å². The summed E-state index contributed by atoms with van der Waals surface area (Å²) >= 11 is 0. The van der Waals surface area contributed by atoms with Crippen LogP contribution in [0.15, 0.2) is 24.3 Å². The van der Waals surface area contributed by atoms with Gasteiger partial charge in [0.1, 0.15) is 5.82 Å². The van der Waals surface area contributed by atoms with Crippen LogP contribution in [0.5, 0.6) is 0 Å². The van der Waals surface area contributed by atoms with Crippen LogP contribution in [0.2, 0.25) is 0 Å². The number of anilines is 1. The molecule has 1 fully saturated rings. The molecule has 1 aliphatic rings. The fourth-order valence-corrected chi connectivity index (χ4v) is 3.31. The Labute approximate surface area is 121 Å². The van der Waals surface area contributed by atoms with E-state index in [4.69, 9.17) is 5.73 Å². The molecule has 1 atom stereocenters. The fourth-order valence-electron chi connectivity index (χ4n) is 3.31. The van der Waals surface area contributed by atoms with Crippen LogP contribution >= 0.6 is 0 Å². The van der Waals surface area contributed by atoms with Crippen LogP contribution < -0.4 is 10.6 Å². The van der Waals surface area contributed by atoms with E-state index in [1.165, 1.54) is 12.1 Å². The number of nitrogens with two attached hydrogens (primary N) is 1. The molecule has 0 aromatic heterocycles. The number of rotatable bonds is 4. The van der Waals surface area contributed by atoms with Crippen molar-refractivity contribution in [2.75, 3.05) is 38.1 Å². The summed E-state index contributed by atoms with van der Waals surface area (Å²) in [6, 6.07) is 6.80. The van der Waals surface area contributed by atoms with E-state index >= 15 is 0 Å². The number of hydrogen-bond acceptors (Lipinski definition) is 3. The average Bonchev–Trinajstić information content (AvgIpc) is 2.65. The number of hydrogen-bond donors (Lipinski definition) is 1. The molecule has 2 N–H and O–H groups in total. The first-order valence-corrected chi connectivity index (χ1v) is 7.53. The summed E-state index contributed by atoms with van der Waals surface area (Å²) in [5.41, 5.74) is 7.23. The molecule has 0 saturated carbocycles. The second kappa shape index (κ2) is 6.55. The highest BCUT2D eigenvalue weighted by Crippen LogP contribution is 2.32. The van der Waals surface area contributed by atoms with Crippen molar-refractivity contribution < 1.29 is 4.39 Å². The first-order chi connectivity index (χ1) is 9.61. The van der Waals surface area contributed by atoms with Gasteiger partial charge in [-0.1, -0.05) is 0 Å². The van der Waals surface area contributed by atoms with Crippen LogP contribution in [0, 0.1) is 5.82 Å². The van der Waals surface area contributed by atoms with Gasteiger partial charge in [0.15, 0.2) is 0 Å². The van der Waals surface area contributed by atoms with Gasteiger partial charge in [-0.2, -0.15) is 0 Å². The maximum Gasteiger partial charge on any atom is 0.123 e. The molecule has 20 heavy (non-hydrogen) atoms. The monoisotopic (exact) mass is 279 g/mol. The molecule has 1 saturated heterocycles. The van der Waals surface area contributed by atoms with E-state index in [2.05, 4.69) is 23.8 Å². The Hall–Kier alpha value is -1.13. The molecule has 0 amide bonds. The smallest absolute Gasteiger partial charge is 0.123 e. The first-order valence-electron chi connectivity index (χ1n) is 7.53. The highest BCUT2D eigenvalue weighted by molar-refractivity contribution is 5.49. The first kappa shape index (κ1) is 15.3. The number of likely N-dealkylation sites (N-methyl/N-ethyl adjacent to an activating group) is 1. The summed E-state index contributed by atoms with van der Waals surface area (Å²) in [6.07, 6.45) is 3.32. The predicted octanol–water partition coefficient (Wildman–Crippen LogP) is 2.47. The number of halogens is 1. The van der Waals surface area contributed by atoms with Gasteiger partial charge in [-0.3, -0.25) is 0 Å². The molecule has 1 aromatic carbocycles. The van der Waals surface area contributed by atoms with Crippen molar-refractivity contribution in [2.24, 2.45) is 5.73 Å². The van der Waals surface area contributed by atoms with Crippen molar-refractivity contribution in [1.29, 1.82) is 0 Å². The molecule has 3 nitrogen and oxygen atoms in total. The molecule has 0 aliphatic carbocycles. The predicted molar refractivity (Wildman–Crippen MR) is 82.6 cm³/mol. The molecule has 1 aliphatic heterocycles. The lowest BCUT2D eigenvalue weighted by atomic mass is 9.87. The summed E-state index contributed by atoms with van der Waals surface area (Å²) in [5, 5.41) is 0. The van der Waals surface area contributed by atoms with Crippen LogP contribution in [0.1, 0.15) is 26.2 Å². The molecule has 1 unspecified atom stereocenters. The van der Waals surface area contributed by atoms with Crippen molar-refractivity contribution in [2.45, 2.75) is 31.7 Å². The zero-order valence-corrected chi connectivity index (χ0v) is 12.6. The van der Waals surface area contributed by atoms with E-state index in [0.29, 0.717) is 6.54 Å². The number of benzene rings is 1. The Bertz CT molecular complexity index is 420. The molecule has 112 valence electrons. The van der Waals surface area contributed by atoms with E-state index < -0.39 is 0 Å². The van der Waals surface area contributed by atoms with E-state index in [9.17, 15) is 4.39 Å². The zero-order valence-electron chi connectivity index (χ0n) is 12.6. The summed E-state index contributed by atoms with van der Waals surface area (Å²) < 4.78 is 13.1. The topological polar surface area (TPSA) is 32.5 Å². The van der Waals surface area contributed by atoms with Crippen molar-refractivity contribution >= 4 is 5.69 Å². The van der Waals surface area contributed by atoms with Gasteiger partial charge in [0, 0.05) is 25.3 Å². The van der Waals surface area contributed by atoms with Gasteiger partial charge in [0.2, 0.25) is 0 Å². The number of likely N-dealkylation sites (tertiary alicyclic amines) is 1. The SMILES string of the molecule is CCN(c1ccc(F)cc1)C1(CN)CCCN(C)CC1. The van der Waals surface area contributed by atoms with Gasteiger partial charge in [-0.05, 0) is 64.0 Å². The number of nitrogens with zero attached hydrogens (tertiary/aromatic N) is 2.